The minimum Gasteiger partial charge on any atom is -0.386 e. The molecular formula is C6H8O2. The van der Waals surface area contributed by atoms with Crippen LogP contribution in [0, 0.1) is 12.3 Å². The number of carbonyl (C=O) groups excluding carboxylic acids is 1. The van der Waals surface area contributed by atoms with E-state index in [0.29, 0.717) is 0 Å². The fourth-order valence-corrected chi connectivity index (χ4v) is 0.248. The zero-order valence-corrected chi connectivity index (χ0v) is 4.72. The Balaban J connectivity index is 3.53. The number of terminal acetylenes is 1. The zero-order chi connectivity index (χ0) is 6.57. The molecule has 0 bridgehead atoms. The number of Topliss-reactive ketones (excluding diaryl/α,β-unsaturated/α-hetero) is 1. The Bertz CT molecular complexity index is 119. The Morgan fingerprint density at radius 3 is 2.62 bits per heavy atom. The number of carbonyl (C=O) groups is 1. The van der Waals surface area contributed by atoms with Crippen molar-refractivity contribution in [2.75, 3.05) is 0 Å². The maximum Gasteiger partial charge on any atom is 0.172 e. The molecule has 0 saturated carbocycles. The second-order valence-electron chi connectivity index (χ2n) is 1.52. The molecule has 0 saturated heterocycles. The van der Waals surface area contributed by atoms with Crippen LogP contribution in [0.2, 0.25) is 0 Å². The highest BCUT2D eigenvalue weighted by Gasteiger charge is 2.04. The quantitative estimate of drug-likeness (QED) is 0.509. The third-order valence-electron chi connectivity index (χ3n) is 0.742. The van der Waals surface area contributed by atoms with Crippen molar-refractivity contribution in [2.24, 2.45) is 0 Å². The topological polar surface area (TPSA) is 37.3 Å². The van der Waals surface area contributed by atoms with Crippen molar-refractivity contribution in [3.05, 3.63) is 0 Å². The first kappa shape index (κ1) is 7.19. The summed E-state index contributed by atoms with van der Waals surface area (Å²) in [4.78, 5) is 10.4. The molecule has 0 amide bonds. The number of hydrogen-bond donors (Lipinski definition) is 1. The summed E-state index contributed by atoms with van der Waals surface area (Å²) in [6, 6.07) is 0. The summed E-state index contributed by atoms with van der Waals surface area (Å²) in [5, 5.41) is 8.51. The summed E-state index contributed by atoms with van der Waals surface area (Å²) >= 11 is 0. The smallest absolute Gasteiger partial charge is 0.172 e. The van der Waals surface area contributed by atoms with Gasteiger partial charge in [-0.3, -0.25) is 4.79 Å². The van der Waals surface area contributed by atoms with Crippen LogP contribution in [0.1, 0.15) is 13.3 Å². The number of hydrogen-bond acceptors (Lipinski definition) is 2. The van der Waals surface area contributed by atoms with Crippen molar-refractivity contribution < 1.29 is 9.90 Å². The molecule has 1 unspecified atom stereocenters. The molecule has 8 heavy (non-hydrogen) atoms. The highest BCUT2D eigenvalue weighted by Crippen LogP contribution is 1.86. The van der Waals surface area contributed by atoms with Gasteiger partial charge in [0.05, 0.1) is 6.42 Å². The van der Waals surface area contributed by atoms with Crippen molar-refractivity contribution in [3.63, 3.8) is 0 Å². The Kier molecular flexibility index (Phi) is 2.90. The van der Waals surface area contributed by atoms with Gasteiger partial charge in [-0.25, -0.2) is 0 Å². The fourth-order valence-electron chi connectivity index (χ4n) is 0.248. The lowest BCUT2D eigenvalue weighted by Crippen LogP contribution is -2.14. The van der Waals surface area contributed by atoms with Crippen molar-refractivity contribution in [2.45, 2.75) is 19.4 Å². The third-order valence-corrected chi connectivity index (χ3v) is 0.742. The standard InChI is InChI=1S/C6H8O2/c1-3-4-6(8)5(2)7/h1,5,7H,4H2,2H3. The van der Waals surface area contributed by atoms with Gasteiger partial charge in [-0.1, -0.05) is 5.92 Å². The molecular weight excluding hydrogens is 104 g/mol. The zero-order valence-electron chi connectivity index (χ0n) is 4.72. The van der Waals surface area contributed by atoms with Gasteiger partial charge in [-0.15, -0.1) is 6.42 Å². The predicted octanol–water partition coefficient (Wildman–Crippen LogP) is -0.0404. The number of aliphatic hydroxyl groups is 1. The van der Waals surface area contributed by atoms with Crippen molar-refractivity contribution in [1.29, 1.82) is 0 Å². The molecule has 1 atom stereocenters. The average molecular weight is 112 g/mol. The van der Waals surface area contributed by atoms with Gasteiger partial charge in [0.25, 0.3) is 0 Å². The van der Waals surface area contributed by atoms with E-state index in [1.54, 1.807) is 0 Å². The summed E-state index contributed by atoms with van der Waals surface area (Å²) in [7, 11) is 0. The van der Waals surface area contributed by atoms with E-state index in [0.717, 1.165) is 0 Å². The normalized spacial score (nSPS) is 12.1. The molecule has 0 aromatic rings. The second-order valence-corrected chi connectivity index (χ2v) is 1.52. The number of rotatable bonds is 2. The predicted molar refractivity (Wildman–Crippen MR) is 30.1 cm³/mol. The van der Waals surface area contributed by atoms with Crippen LogP contribution in [0.5, 0.6) is 0 Å². The largest absolute Gasteiger partial charge is 0.386 e. The molecule has 0 aliphatic rings. The van der Waals surface area contributed by atoms with Crippen molar-refractivity contribution in [1.82, 2.24) is 0 Å². The van der Waals surface area contributed by atoms with Crippen LogP contribution in [-0.2, 0) is 4.79 Å². The van der Waals surface area contributed by atoms with Gasteiger partial charge in [0.1, 0.15) is 6.10 Å². The SMILES string of the molecule is C#CCC(=O)C(C)O. The van der Waals surface area contributed by atoms with Gasteiger partial charge in [0.2, 0.25) is 0 Å². The molecule has 0 aromatic carbocycles. The minimum atomic E-state index is -0.911. The van der Waals surface area contributed by atoms with E-state index in [1.807, 2.05) is 0 Å². The lowest BCUT2D eigenvalue weighted by atomic mass is 10.2. The van der Waals surface area contributed by atoms with Crippen LogP contribution in [0.3, 0.4) is 0 Å². The Morgan fingerprint density at radius 1 is 2.00 bits per heavy atom. The van der Waals surface area contributed by atoms with Crippen LogP contribution < -0.4 is 0 Å². The first-order chi connectivity index (χ1) is 3.68. The Labute approximate surface area is 48.5 Å². The van der Waals surface area contributed by atoms with Crippen LogP contribution >= 0.6 is 0 Å². The maximum absolute atomic E-state index is 10.4. The van der Waals surface area contributed by atoms with Crippen LogP contribution in [0.4, 0.5) is 0 Å². The van der Waals surface area contributed by atoms with Crippen molar-refractivity contribution in [3.8, 4) is 12.3 Å². The van der Waals surface area contributed by atoms with E-state index in [9.17, 15) is 4.79 Å². The number of ketones is 1. The molecule has 0 heterocycles. The van der Waals surface area contributed by atoms with Gasteiger partial charge in [0, 0.05) is 0 Å². The molecule has 0 aromatic heterocycles. The van der Waals surface area contributed by atoms with E-state index in [4.69, 9.17) is 11.5 Å². The monoisotopic (exact) mass is 112 g/mol. The highest BCUT2D eigenvalue weighted by atomic mass is 16.3. The Hall–Kier alpha value is -0.810. The van der Waals surface area contributed by atoms with E-state index < -0.39 is 6.10 Å². The second kappa shape index (κ2) is 3.23. The average Bonchev–Trinajstić information content (AvgIpc) is 1.67. The Morgan fingerprint density at radius 2 is 2.50 bits per heavy atom. The number of aliphatic hydroxyl groups excluding tert-OH is 1. The summed E-state index contributed by atoms with van der Waals surface area (Å²) in [5.41, 5.74) is 0. The van der Waals surface area contributed by atoms with Crippen LogP contribution in [0.25, 0.3) is 0 Å². The molecule has 1 N–H and O–H groups in total. The van der Waals surface area contributed by atoms with Crippen molar-refractivity contribution >= 4 is 5.78 Å². The summed E-state index contributed by atoms with van der Waals surface area (Å²) < 4.78 is 0. The summed E-state index contributed by atoms with van der Waals surface area (Å²) in [6.07, 6.45) is 3.90. The van der Waals surface area contributed by atoms with E-state index >= 15 is 0 Å². The van der Waals surface area contributed by atoms with Gasteiger partial charge < -0.3 is 5.11 Å². The molecule has 0 fully saturated rings. The van der Waals surface area contributed by atoms with E-state index in [1.165, 1.54) is 6.92 Å². The van der Waals surface area contributed by atoms with Crippen LogP contribution in [-0.4, -0.2) is 17.0 Å². The molecule has 2 heteroatoms. The van der Waals surface area contributed by atoms with Crippen LogP contribution in [0.15, 0.2) is 0 Å². The van der Waals surface area contributed by atoms with E-state index in [2.05, 4.69) is 5.92 Å². The fraction of sp³-hybridized carbons (Fsp3) is 0.500. The molecule has 0 rings (SSSR count). The maximum atomic E-state index is 10.4. The van der Waals surface area contributed by atoms with Gasteiger partial charge in [-0.05, 0) is 6.92 Å². The summed E-state index contributed by atoms with van der Waals surface area (Å²) in [6.45, 7) is 1.40. The summed E-state index contributed by atoms with van der Waals surface area (Å²) in [5.74, 6) is 1.84. The molecule has 0 spiro atoms. The van der Waals surface area contributed by atoms with E-state index in [-0.39, 0.29) is 12.2 Å². The minimum absolute atomic E-state index is 0.0255. The molecule has 44 valence electrons. The van der Waals surface area contributed by atoms with Gasteiger partial charge >= 0.3 is 0 Å². The first-order valence-electron chi connectivity index (χ1n) is 2.32. The lowest BCUT2D eigenvalue weighted by molar-refractivity contribution is -0.125. The first-order valence-corrected chi connectivity index (χ1v) is 2.32. The highest BCUT2D eigenvalue weighted by molar-refractivity contribution is 5.84. The molecule has 0 aliphatic heterocycles. The lowest BCUT2D eigenvalue weighted by Gasteiger charge is -1.95. The van der Waals surface area contributed by atoms with Gasteiger partial charge in [0.15, 0.2) is 5.78 Å². The molecule has 0 aliphatic carbocycles. The van der Waals surface area contributed by atoms with Gasteiger partial charge in [-0.2, -0.15) is 0 Å². The third kappa shape index (κ3) is 2.38. The molecule has 2 nitrogen and oxygen atoms in total. The molecule has 0 radical (unpaired) electrons.